The molecule has 8 nitrogen and oxygen atoms in total. The zero-order valence-electron chi connectivity index (χ0n) is 26.4. The molecule has 0 aliphatic rings. The monoisotopic (exact) mass is 705 g/mol. The van der Waals surface area contributed by atoms with Crippen LogP contribution in [-0.4, -0.2) is 51.4 Å². The predicted octanol–water partition coefficient (Wildman–Crippen LogP) is 6.52. The van der Waals surface area contributed by atoms with E-state index in [2.05, 4.69) is 21.2 Å². The molecule has 2 amide bonds. The van der Waals surface area contributed by atoms with Gasteiger partial charge in [-0.25, -0.2) is 8.42 Å². The van der Waals surface area contributed by atoms with Gasteiger partial charge in [0.1, 0.15) is 18.3 Å². The topological polar surface area (TPSA) is 96.0 Å². The lowest BCUT2D eigenvalue weighted by molar-refractivity contribution is -0.140. The number of carbonyl (C=O) groups is 2. The summed E-state index contributed by atoms with van der Waals surface area (Å²) in [5.41, 5.74) is 2.88. The number of ether oxygens (including phenoxy) is 1. The first kappa shape index (κ1) is 34.7. The smallest absolute Gasteiger partial charge is 0.264 e. The highest BCUT2D eigenvalue weighted by Crippen LogP contribution is 2.27. The first-order chi connectivity index (χ1) is 22.1. The van der Waals surface area contributed by atoms with E-state index in [0.717, 1.165) is 38.3 Å². The van der Waals surface area contributed by atoms with Crippen LogP contribution in [0.1, 0.15) is 36.5 Å². The fraction of sp³-hybridized carbons (Fsp3) is 0.278. The standard InChI is InChI=1S/C36H40BrN3O5S/c1-4-5-23-38-36(42)34(24-28-9-7-6-8-10-28)39(25-29-13-15-30(37)16-14-29)35(41)26-40(31-17-19-32(45-3)20-18-31)46(43,44)33-21-11-27(2)12-22-33/h6-22,34H,4-5,23-26H2,1-3H3,(H,38,42)/t34-/m1/s1. The number of hydrogen-bond donors (Lipinski definition) is 1. The molecule has 0 aliphatic heterocycles. The number of sulfonamides is 1. The molecule has 0 radical (unpaired) electrons. The molecular formula is C36H40BrN3O5S. The maximum Gasteiger partial charge on any atom is 0.264 e. The third kappa shape index (κ3) is 9.20. The third-order valence-electron chi connectivity index (χ3n) is 7.62. The molecule has 4 aromatic carbocycles. The number of anilines is 1. The molecule has 0 saturated heterocycles. The van der Waals surface area contributed by atoms with Gasteiger partial charge in [-0.05, 0) is 73.0 Å². The van der Waals surface area contributed by atoms with Gasteiger partial charge in [-0.15, -0.1) is 0 Å². The molecule has 0 saturated carbocycles. The SMILES string of the molecule is CCCCNC(=O)[C@@H](Cc1ccccc1)N(Cc1ccc(Br)cc1)C(=O)CN(c1ccc(OC)cc1)S(=O)(=O)c1ccc(C)cc1. The summed E-state index contributed by atoms with van der Waals surface area (Å²) >= 11 is 3.46. The average Bonchev–Trinajstić information content (AvgIpc) is 3.06. The second-order valence-corrected chi connectivity index (χ2v) is 13.8. The number of methoxy groups -OCH3 is 1. The van der Waals surface area contributed by atoms with Crippen molar-refractivity contribution in [2.45, 2.75) is 50.6 Å². The maximum atomic E-state index is 14.5. The van der Waals surface area contributed by atoms with Crippen LogP contribution >= 0.6 is 15.9 Å². The van der Waals surface area contributed by atoms with E-state index in [1.54, 1.807) is 36.4 Å². The van der Waals surface area contributed by atoms with Crippen molar-refractivity contribution in [1.82, 2.24) is 10.2 Å². The van der Waals surface area contributed by atoms with Gasteiger partial charge in [0.05, 0.1) is 17.7 Å². The van der Waals surface area contributed by atoms with E-state index in [1.165, 1.54) is 24.1 Å². The summed E-state index contributed by atoms with van der Waals surface area (Å²) in [7, 11) is -2.66. The highest BCUT2D eigenvalue weighted by molar-refractivity contribution is 9.10. The Morgan fingerprint density at radius 1 is 0.870 bits per heavy atom. The van der Waals surface area contributed by atoms with E-state index in [-0.39, 0.29) is 23.8 Å². The molecule has 0 aliphatic carbocycles. The lowest BCUT2D eigenvalue weighted by Crippen LogP contribution is -2.53. The molecule has 0 aromatic heterocycles. The predicted molar refractivity (Wildman–Crippen MR) is 185 cm³/mol. The van der Waals surface area contributed by atoms with Gasteiger partial charge in [0.2, 0.25) is 11.8 Å². The van der Waals surface area contributed by atoms with Crippen LogP contribution in [0.3, 0.4) is 0 Å². The molecular weight excluding hydrogens is 666 g/mol. The number of hydrogen-bond acceptors (Lipinski definition) is 5. The number of nitrogens with one attached hydrogen (secondary N) is 1. The fourth-order valence-corrected chi connectivity index (χ4v) is 6.64. The minimum absolute atomic E-state index is 0.0549. The molecule has 0 bridgehead atoms. The number of amides is 2. The van der Waals surface area contributed by atoms with Crippen molar-refractivity contribution in [2.75, 3.05) is 24.5 Å². The number of benzene rings is 4. The van der Waals surface area contributed by atoms with Crippen LogP contribution in [0.5, 0.6) is 5.75 Å². The summed E-state index contributed by atoms with van der Waals surface area (Å²) in [6.07, 6.45) is 1.96. The molecule has 4 aromatic rings. The highest BCUT2D eigenvalue weighted by atomic mass is 79.9. The Morgan fingerprint density at radius 3 is 2.13 bits per heavy atom. The van der Waals surface area contributed by atoms with Gasteiger partial charge in [0.25, 0.3) is 10.0 Å². The maximum absolute atomic E-state index is 14.5. The van der Waals surface area contributed by atoms with Gasteiger partial charge < -0.3 is 15.0 Å². The minimum atomic E-state index is -4.18. The second kappa shape index (κ2) is 16.4. The van der Waals surface area contributed by atoms with Crippen LogP contribution in [0.2, 0.25) is 0 Å². The van der Waals surface area contributed by atoms with Crippen LogP contribution in [0, 0.1) is 6.92 Å². The van der Waals surface area contributed by atoms with Crippen LogP contribution in [-0.2, 0) is 32.6 Å². The second-order valence-electron chi connectivity index (χ2n) is 11.0. The summed E-state index contributed by atoms with van der Waals surface area (Å²) in [5.74, 6) is -0.257. The van der Waals surface area contributed by atoms with Crippen molar-refractivity contribution in [3.63, 3.8) is 0 Å². The van der Waals surface area contributed by atoms with Gasteiger partial charge >= 0.3 is 0 Å². The molecule has 4 rings (SSSR count). The van der Waals surface area contributed by atoms with E-state index < -0.39 is 28.5 Å². The van der Waals surface area contributed by atoms with Crippen LogP contribution in [0.15, 0.2) is 112 Å². The van der Waals surface area contributed by atoms with E-state index in [0.29, 0.717) is 18.0 Å². The molecule has 0 fully saturated rings. The Hall–Kier alpha value is -4.15. The average molecular weight is 707 g/mol. The quantitative estimate of drug-likeness (QED) is 0.142. The van der Waals surface area contributed by atoms with Crippen molar-refractivity contribution in [1.29, 1.82) is 0 Å². The fourth-order valence-electron chi connectivity index (χ4n) is 4.96. The number of halogens is 1. The Bertz CT molecular complexity index is 1680. The number of aryl methyl sites for hydroxylation is 1. The lowest BCUT2D eigenvalue weighted by atomic mass is 10.0. The van der Waals surface area contributed by atoms with Gasteiger partial charge in [-0.2, -0.15) is 0 Å². The van der Waals surface area contributed by atoms with Crippen molar-refractivity contribution in [3.05, 3.63) is 124 Å². The Labute approximate surface area is 280 Å². The summed E-state index contributed by atoms with van der Waals surface area (Å²) in [6, 6.07) is 29.1. The van der Waals surface area contributed by atoms with Gasteiger partial charge in [-0.1, -0.05) is 89.4 Å². The molecule has 46 heavy (non-hydrogen) atoms. The van der Waals surface area contributed by atoms with Crippen LogP contribution in [0.25, 0.3) is 0 Å². The van der Waals surface area contributed by atoms with Crippen molar-refractivity contribution >= 4 is 43.5 Å². The third-order valence-corrected chi connectivity index (χ3v) is 9.93. The molecule has 1 N–H and O–H groups in total. The summed E-state index contributed by atoms with van der Waals surface area (Å²) in [5, 5.41) is 3.01. The number of carbonyl (C=O) groups excluding carboxylic acids is 2. The van der Waals surface area contributed by atoms with Gasteiger partial charge in [-0.3, -0.25) is 13.9 Å². The minimum Gasteiger partial charge on any atom is -0.497 e. The highest BCUT2D eigenvalue weighted by Gasteiger charge is 2.34. The van der Waals surface area contributed by atoms with Crippen molar-refractivity contribution in [2.24, 2.45) is 0 Å². The zero-order chi connectivity index (χ0) is 33.1. The lowest BCUT2D eigenvalue weighted by Gasteiger charge is -2.34. The zero-order valence-corrected chi connectivity index (χ0v) is 28.8. The molecule has 10 heteroatoms. The largest absolute Gasteiger partial charge is 0.497 e. The van der Waals surface area contributed by atoms with Crippen LogP contribution in [0.4, 0.5) is 5.69 Å². The van der Waals surface area contributed by atoms with Gasteiger partial charge in [0, 0.05) is 24.0 Å². The normalized spacial score (nSPS) is 11.8. The molecule has 0 heterocycles. The van der Waals surface area contributed by atoms with Crippen molar-refractivity contribution < 1.29 is 22.7 Å². The molecule has 1 atom stereocenters. The van der Waals surface area contributed by atoms with Crippen LogP contribution < -0.4 is 14.4 Å². The number of nitrogens with zero attached hydrogens (tertiary/aromatic N) is 2. The number of unbranched alkanes of at least 4 members (excludes halogenated alkanes) is 1. The Balaban J connectivity index is 1.78. The van der Waals surface area contributed by atoms with Gasteiger partial charge in [0.15, 0.2) is 0 Å². The summed E-state index contributed by atoms with van der Waals surface area (Å²) < 4.78 is 35.6. The van der Waals surface area contributed by atoms with E-state index in [4.69, 9.17) is 4.74 Å². The first-order valence-corrected chi connectivity index (χ1v) is 17.4. The summed E-state index contributed by atoms with van der Waals surface area (Å²) in [4.78, 5) is 29.9. The summed E-state index contributed by atoms with van der Waals surface area (Å²) in [6.45, 7) is 3.97. The first-order valence-electron chi connectivity index (χ1n) is 15.2. The molecule has 0 spiro atoms. The molecule has 0 unspecified atom stereocenters. The van der Waals surface area contributed by atoms with E-state index >= 15 is 0 Å². The Morgan fingerprint density at radius 2 is 1.52 bits per heavy atom. The number of rotatable bonds is 15. The van der Waals surface area contributed by atoms with E-state index in [1.807, 2.05) is 68.4 Å². The van der Waals surface area contributed by atoms with Crippen molar-refractivity contribution in [3.8, 4) is 5.75 Å². The van der Waals surface area contributed by atoms with E-state index in [9.17, 15) is 18.0 Å². The Kier molecular flexibility index (Phi) is 12.4. The molecule has 242 valence electrons.